The lowest BCUT2D eigenvalue weighted by Gasteiger charge is -2.22. The van der Waals surface area contributed by atoms with Crippen LogP contribution in [0.2, 0.25) is 0 Å². The highest BCUT2D eigenvalue weighted by Gasteiger charge is 2.15. The Bertz CT molecular complexity index is 348. The van der Waals surface area contributed by atoms with E-state index in [1.54, 1.807) is 0 Å². The van der Waals surface area contributed by atoms with Gasteiger partial charge in [-0.15, -0.1) is 0 Å². The Labute approximate surface area is 118 Å². The van der Waals surface area contributed by atoms with E-state index in [2.05, 4.69) is 31.2 Å². The van der Waals surface area contributed by atoms with Gasteiger partial charge in [0.2, 0.25) is 0 Å². The minimum absolute atomic E-state index is 0.158. The summed E-state index contributed by atoms with van der Waals surface area (Å²) in [7, 11) is 0. The molecule has 0 spiro atoms. The number of hydrogen-bond acceptors (Lipinski definition) is 1. The summed E-state index contributed by atoms with van der Waals surface area (Å²) in [6, 6.07) is 8.71. The van der Waals surface area contributed by atoms with Gasteiger partial charge in [-0.1, -0.05) is 63.3 Å². The van der Waals surface area contributed by atoms with Crippen LogP contribution in [0.4, 0.5) is 0 Å². The normalized spacial score (nSPS) is 18.4. The molecule has 1 heteroatoms. The third-order valence-electron chi connectivity index (χ3n) is 4.54. The lowest BCUT2D eigenvalue weighted by Crippen LogP contribution is -2.14. The number of rotatable bonds is 6. The molecule has 19 heavy (non-hydrogen) atoms. The van der Waals surface area contributed by atoms with Crippen LogP contribution >= 0.6 is 0 Å². The zero-order valence-corrected chi connectivity index (χ0v) is 12.3. The van der Waals surface area contributed by atoms with Crippen LogP contribution < -0.4 is 0 Å². The van der Waals surface area contributed by atoms with E-state index in [0.717, 1.165) is 25.2 Å². The van der Waals surface area contributed by atoms with Crippen molar-refractivity contribution in [3.63, 3.8) is 0 Å². The Kier molecular flexibility index (Phi) is 5.91. The Morgan fingerprint density at radius 3 is 2.32 bits per heavy atom. The number of hydrogen-bond donors (Lipinski definition) is 1. The van der Waals surface area contributed by atoms with E-state index in [-0.39, 0.29) is 6.10 Å². The highest BCUT2D eigenvalue weighted by atomic mass is 16.3. The maximum atomic E-state index is 10.2. The highest BCUT2D eigenvalue weighted by Crippen LogP contribution is 2.28. The first kappa shape index (κ1) is 14.6. The average Bonchev–Trinajstić information content (AvgIpc) is 2.47. The molecule has 0 aliphatic heterocycles. The fraction of sp³-hybridized carbons (Fsp3) is 0.667. The van der Waals surface area contributed by atoms with Crippen molar-refractivity contribution in [3.05, 3.63) is 35.4 Å². The molecule has 1 aliphatic rings. The van der Waals surface area contributed by atoms with Crippen molar-refractivity contribution in [2.45, 2.75) is 70.8 Å². The zero-order chi connectivity index (χ0) is 13.5. The van der Waals surface area contributed by atoms with Crippen molar-refractivity contribution in [1.29, 1.82) is 0 Å². The van der Waals surface area contributed by atoms with Crippen LogP contribution in [0, 0.1) is 5.92 Å². The largest absolute Gasteiger partial charge is 0.393 e. The first-order chi connectivity index (χ1) is 9.28. The lowest BCUT2D eigenvalue weighted by atomic mass is 9.85. The molecule has 0 heterocycles. The molecular weight excluding hydrogens is 232 g/mol. The minimum atomic E-state index is -0.158. The summed E-state index contributed by atoms with van der Waals surface area (Å²) in [5.41, 5.74) is 2.65. The van der Waals surface area contributed by atoms with Gasteiger partial charge in [0.15, 0.2) is 0 Å². The third kappa shape index (κ3) is 4.99. The van der Waals surface area contributed by atoms with Crippen molar-refractivity contribution >= 4 is 0 Å². The van der Waals surface area contributed by atoms with E-state index in [0.29, 0.717) is 0 Å². The number of aliphatic hydroxyl groups is 1. The predicted molar refractivity (Wildman–Crippen MR) is 81.3 cm³/mol. The molecule has 2 rings (SSSR count). The van der Waals surface area contributed by atoms with Crippen molar-refractivity contribution in [2.24, 2.45) is 5.92 Å². The Morgan fingerprint density at radius 2 is 1.68 bits per heavy atom. The molecule has 1 N–H and O–H groups in total. The van der Waals surface area contributed by atoms with Gasteiger partial charge < -0.3 is 5.11 Å². The molecule has 1 fully saturated rings. The van der Waals surface area contributed by atoms with Crippen molar-refractivity contribution in [3.8, 4) is 0 Å². The molecule has 1 aromatic rings. The average molecular weight is 260 g/mol. The molecule has 0 amide bonds. The van der Waals surface area contributed by atoms with Crippen LogP contribution in [0.15, 0.2) is 24.3 Å². The van der Waals surface area contributed by atoms with Crippen molar-refractivity contribution < 1.29 is 5.11 Å². The first-order valence-corrected chi connectivity index (χ1v) is 8.04. The van der Waals surface area contributed by atoms with Gasteiger partial charge in [-0.2, -0.15) is 0 Å². The zero-order valence-electron chi connectivity index (χ0n) is 12.3. The first-order valence-electron chi connectivity index (χ1n) is 8.04. The Morgan fingerprint density at radius 1 is 1.05 bits per heavy atom. The maximum Gasteiger partial charge on any atom is 0.0580 e. The van der Waals surface area contributed by atoms with E-state index < -0.39 is 0 Å². The third-order valence-corrected chi connectivity index (χ3v) is 4.54. The van der Waals surface area contributed by atoms with E-state index in [9.17, 15) is 5.11 Å². The van der Waals surface area contributed by atoms with Gasteiger partial charge in [0.05, 0.1) is 6.10 Å². The van der Waals surface area contributed by atoms with Crippen LogP contribution in [0.3, 0.4) is 0 Å². The van der Waals surface area contributed by atoms with Gasteiger partial charge in [-0.25, -0.2) is 0 Å². The van der Waals surface area contributed by atoms with Crippen molar-refractivity contribution in [1.82, 2.24) is 0 Å². The molecule has 0 aromatic heterocycles. The summed E-state index contributed by atoms with van der Waals surface area (Å²) in [5, 5.41) is 10.2. The number of benzene rings is 1. The van der Waals surface area contributed by atoms with E-state index in [4.69, 9.17) is 0 Å². The van der Waals surface area contributed by atoms with E-state index >= 15 is 0 Å². The van der Waals surface area contributed by atoms with Crippen LogP contribution in [0.25, 0.3) is 0 Å². The summed E-state index contributed by atoms with van der Waals surface area (Å²) in [4.78, 5) is 0. The van der Waals surface area contributed by atoms with Gasteiger partial charge in [0, 0.05) is 0 Å². The fourth-order valence-electron chi connectivity index (χ4n) is 3.19. The van der Waals surface area contributed by atoms with Gasteiger partial charge in [-0.05, 0) is 42.7 Å². The predicted octanol–water partition coefficient (Wildman–Crippen LogP) is 4.51. The van der Waals surface area contributed by atoms with E-state index in [1.165, 1.54) is 49.7 Å². The molecule has 1 saturated carbocycles. The van der Waals surface area contributed by atoms with Crippen molar-refractivity contribution in [2.75, 3.05) is 0 Å². The second-order valence-corrected chi connectivity index (χ2v) is 6.11. The molecule has 1 aliphatic carbocycles. The maximum absolute atomic E-state index is 10.2. The van der Waals surface area contributed by atoms with Gasteiger partial charge >= 0.3 is 0 Å². The molecule has 0 saturated heterocycles. The molecule has 1 atom stereocenters. The van der Waals surface area contributed by atoms with Crippen LogP contribution in [-0.4, -0.2) is 11.2 Å². The second kappa shape index (κ2) is 7.69. The van der Waals surface area contributed by atoms with Gasteiger partial charge in [0.1, 0.15) is 0 Å². The summed E-state index contributed by atoms with van der Waals surface area (Å²) >= 11 is 0. The molecule has 106 valence electrons. The lowest BCUT2D eigenvalue weighted by molar-refractivity contribution is 0.149. The van der Waals surface area contributed by atoms with Gasteiger partial charge in [0.25, 0.3) is 0 Å². The summed E-state index contributed by atoms with van der Waals surface area (Å²) in [5.74, 6) is 0.880. The fourth-order valence-corrected chi connectivity index (χ4v) is 3.19. The monoisotopic (exact) mass is 260 g/mol. The topological polar surface area (TPSA) is 20.2 Å². The summed E-state index contributed by atoms with van der Waals surface area (Å²) in [6.07, 6.45) is 10.9. The molecule has 1 unspecified atom stereocenters. The Balaban J connectivity index is 1.71. The Hall–Kier alpha value is -0.820. The van der Waals surface area contributed by atoms with Crippen LogP contribution in [-0.2, 0) is 12.8 Å². The van der Waals surface area contributed by atoms with Crippen LogP contribution in [0.1, 0.15) is 63.0 Å². The second-order valence-electron chi connectivity index (χ2n) is 6.11. The highest BCUT2D eigenvalue weighted by molar-refractivity contribution is 5.22. The smallest absolute Gasteiger partial charge is 0.0580 e. The number of aryl methyl sites for hydroxylation is 1. The molecule has 0 radical (unpaired) electrons. The minimum Gasteiger partial charge on any atom is -0.393 e. The standard InChI is InChI=1S/C18H28O/c1-2-15-8-10-17(11-9-15)14-18(19)13-12-16-6-4-3-5-7-16/h8-11,16,18-19H,2-7,12-14H2,1H3. The van der Waals surface area contributed by atoms with Crippen LogP contribution in [0.5, 0.6) is 0 Å². The molecule has 0 bridgehead atoms. The molecule has 1 nitrogen and oxygen atoms in total. The number of aliphatic hydroxyl groups excluding tert-OH is 1. The van der Waals surface area contributed by atoms with Gasteiger partial charge in [-0.3, -0.25) is 0 Å². The molecule has 1 aromatic carbocycles. The quantitative estimate of drug-likeness (QED) is 0.797. The summed E-state index contributed by atoms with van der Waals surface area (Å²) < 4.78 is 0. The van der Waals surface area contributed by atoms with E-state index in [1.807, 2.05) is 0 Å². The SMILES string of the molecule is CCc1ccc(CC(O)CCC2CCCCC2)cc1. The molecular formula is C18H28O. The summed E-state index contributed by atoms with van der Waals surface area (Å²) in [6.45, 7) is 2.17.